The van der Waals surface area contributed by atoms with Crippen molar-refractivity contribution >= 4 is 5.96 Å². The number of ether oxygens (including phenoxy) is 1. The normalized spacial score (nSPS) is 23.8. The van der Waals surface area contributed by atoms with Crippen molar-refractivity contribution in [1.29, 1.82) is 0 Å². The molecule has 1 saturated heterocycles. The van der Waals surface area contributed by atoms with Crippen LogP contribution in [0.15, 0.2) is 27.8 Å². The smallest absolute Gasteiger partial charge is 0.191 e. The number of rotatable bonds is 5. The summed E-state index contributed by atoms with van der Waals surface area (Å²) in [5, 5.41) is 7.10. The highest BCUT2D eigenvalue weighted by molar-refractivity contribution is 5.80. The molecule has 1 saturated carbocycles. The lowest BCUT2D eigenvalue weighted by atomic mass is 9.89. The van der Waals surface area contributed by atoms with Gasteiger partial charge >= 0.3 is 0 Å². The van der Waals surface area contributed by atoms with Gasteiger partial charge in [0.2, 0.25) is 0 Å². The SMILES string of the molecule is CC(C)NC(=NCCc1ccco1)NC1CCOC2(CCCC2)C1. The summed E-state index contributed by atoms with van der Waals surface area (Å²) in [7, 11) is 0. The van der Waals surface area contributed by atoms with Crippen molar-refractivity contribution in [2.75, 3.05) is 13.2 Å². The molecule has 1 aromatic rings. The Bertz CT molecular complexity index is 519. The van der Waals surface area contributed by atoms with Gasteiger partial charge in [0.15, 0.2) is 5.96 Å². The second kappa shape index (κ2) is 8.06. The predicted octanol–water partition coefficient (Wildman–Crippen LogP) is 3.26. The number of hydrogen-bond donors (Lipinski definition) is 2. The number of hydrogen-bond acceptors (Lipinski definition) is 3. The van der Waals surface area contributed by atoms with Crippen LogP contribution >= 0.6 is 0 Å². The summed E-state index contributed by atoms with van der Waals surface area (Å²) in [6, 6.07) is 4.74. The molecular formula is C19H31N3O2. The summed E-state index contributed by atoms with van der Waals surface area (Å²) in [4.78, 5) is 4.74. The molecule has 5 nitrogen and oxygen atoms in total. The third-order valence-corrected chi connectivity index (χ3v) is 4.98. The Balaban J connectivity index is 1.56. The fourth-order valence-corrected chi connectivity index (χ4v) is 3.85. The molecule has 1 unspecified atom stereocenters. The van der Waals surface area contributed by atoms with Gasteiger partial charge in [-0.2, -0.15) is 0 Å². The van der Waals surface area contributed by atoms with Crippen LogP contribution in [0.25, 0.3) is 0 Å². The maximum absolute atomic E-state index is 6.14. The van der Waals surface area contributed by atoms with Crippen LogP contribution in [0.5, 0.6) is 0 Å². The molecule has 1 aromatic heterocycles. The number of nitrogens with zero attached hydrogens (tertiary/aromatic N) is 1. The summed E-state index contributed by atoms with van der Waals surface area (Å²) in [5.41, 5.74) is 0.132. The second-order valence-electron chi connectivity index (χ2n) is 7.43. The molecule has 1 spiro atoms. The largest absolute Gasteiger partial charge is 0.469 e. The van der Waals surface area contributed by atoms with Crippen molar-refractivity contribution in [3.05, 3.63) is 24.2 Å². The van der Waals surface area contributed by atoms with Gasteiger partial charge in [-0.25, -0.2) is 0 Å². The van der Waals surface area contributed by atoms with E-state index in [1.54, 1.807) is 6.26 Å². The van der Waals surface area contributed by atoms with E-state index in [4.69, 9.17) is 14.1 Å². The van der Waals surface area contributed by atoms with Crippen LogP contribution in [0, 0.1) is 0 Å². The topological polar surface area (TPSA) is 58.8 Å². The molecule has 1 aliphatic heterocycles. The Kier molecular flexibility index (Phi) is 5.82. The standard InChI is InChI=1S/C19H31N3O2/c1-15(2)21-18(20-11-7-17-6-5-12-23-17)22-16-8-13-24-19(14-16)9-3-4-10-19/h5-6,12,15-16H,3-4,7-11,13-14H2,1-2H3,(H2,20,21,22). The summed E-state index contributed by atoms with van der Waals surface area (Å²) < 4.78 is 11.5. The van der Waals surface area contributed by atoms with Crippen molar-refractivity contribution in [3.8, 4) is 0 Å². The maximum Gasteiger partial charge on any atom is 0.191 e. The van der Waals surface area contributed by atoms with Crippen molar-refractivity contribution in [2.45, 2.75) is 76.5 Å². The fourth-order valence-electron chi connectivity index (χ4n) is 3.85. The zero-order valence-electron chi connectivity index (χ0n) is 15.0. The average Bonchev–Trinajstić information content (AvgIpc) is 3.19. The lowest BCUT2D eigenvalue weighted by Gasteiger charge is -2.39. The van der Waals surface area contributed by atoms with Gasteiger partial charge in [-0.3, -0.25) is 4.99 Å². The van der Waals surface area contributed by atoms with Gasteiger partial charge in [0.05, 0.1) is 11.9 Å². The van der Waals surface area contributed by atoms with Gasteiger partial charge in [0, 0.05) is 31.7 Å². The zero-order chi connectivity index (χ0) is 16.8. The number of furan rings is 1. The van der Waals surface area contributed by atoms with Gasteiger partial charge in [0.1, 0.15) is 5.76 Å². The molecule has 0 radical (unpaired) electrons. The molecule has 3 rings (SSSR count). The van der Waals surface area contributed by atoms with Crippen LogP contribution < -0.4 is 10.6 Å². The van der Waals surface area contributed by atoms with E-state index >= 15 is 0 Å². The molecule has 0 aromatic carbocycles. The lowest BCUT2D eigenvalue weighted by molar-refractivity contribution is -0.0815. The van der Waals surface area contributed by atoms with Crippen molar-refractivity contribution in [1.82, 2.24) is 10.6 Å². The molecule has 0 amide bonds. The Morgan fingerprint density at radius 2 is 2.21 bits per heavy atom. The van der Waals surface area contributed by atoms with Gasteiger partial charge in [-0.05, 0) is 51.7 Å². The third kappa shape index (κ3) is 4.76. The molecule has 1 atom stereocenters. The Morgan fingerprint density at radius 3 is 2.92 bits per heavy atom. The van der Waals surface area contributed by atoms with Gasteiger partial charge < -0.3 is 19.8 Å². The van der Waals surface area contributed by atoms with E-state index in [1.807, 2.05) is 12.1 Å². The molecule has 2 heterocycles. The molecular weight excluding hydrogens is 302 g/mol. The van der Waals surface area contributed by atoms with Crippen LogP contribution in [0.2, 0.25) is 0 Å². The van der Waals surface area contributed by atoms with Crippen LogP contribution in [0.4, 0.5) is 0 Å². The molecule has 5 heteroatoms. The Hall–Kier alpha value is -1.49. The first-order valence-corrected chi connectivity index (χ1v) is 9.39. The second-order valence-corrected chi connectivity index (χ2v) is 7.43. The molecule has 2 aliphatic rings. The lowest BCUT2D eigenvalue weighted by Crippen LogP contribution is -2.51. The van der Waals surface area contributed by atoms with Gasteiger partial charge in [-0.1, -0.05) is 12.8 Å². The molecule has 24 heavy (non-hydrogen) atoms. The molecule has 1 aliphatic carbocycles. The van der Waals surface area contributed by atoms with E-state index in [9.17, 15) is 0 Å². The first-order chi connectivity index (χ1) is 11.7. The zero-order valence-corrected chi connectivity index (χ0v) is 15.0. The molecule has 0 bridgehead atoms. The van der Waals surface area contributed by atoms with Crippen LogP contribution in [-0.2, 0) is 11.2 Å². The van der Waals surface area contributed by atoms with Crippen LogP contribution in [-0.4, -0.2) is 36.8 Å². The fraction of sp³-hybridized carbons (Fsp3) is 0.737. The Labute approximate surface area is 145 Å². The summed E-state index contributed by atoms with van der Waals surface area (Å²) in [6.45, 7) is 5.88. The number of aliphatic imine (C=N–C) groups is 1. The van der Waals surface area contributed by atoms with E-state index in [-0.39, 0.29) is 5.60 Å². The number of nitrogens with one attached hydrogen (secondary N) is 2. The predicted molar refractivity (Wildman–Crippen MR) is 96.3 cm³/mol. The highest BCUT2D eigenvalue weighted by Gasteiger charge is 2.40. The van der Waals surface area contributed by atoms with E-state index in [1.165, 1.54) is 25.7 Å². The van der Waals surface area contributed by atoms with E-state index in [2.05, 4.69) is 24.5 Å². The third-order valence-electron chi connectivity index (χ3n) is 4.98. The number of guanidine groups is 1. The summed E-state index contributed by atoms with van der Waals surface area (Å²) >= 11 is 0. The van der Waals surface area contributed by atoms with Gasteiger partial charge in [-0.15, -0.1) is 0 Å². The summed E-state index contributed by atoms with van der Waals surface area (Å²) in [6.07, 6.45) is 9.75. The molecule has 2 fully saturated rings. The minimum Gasteiger partial charge on any atom is -0.469 e. The Morgan fingerprint density at radius 1 is 1.38 bits per heavy atom. The summed E-state index contributed by atoms with van der Waals surface area (Å²) in [5.74, 6) is 1.90. The maximum atomic E-state index is 6.14. The van der Waals surface area contributed by atoms with E-state index in [0.717, 1.165) is 44.1 Å². The van der Waals surface area contributed by atoms with Gasteiger partial charge in [0.25, 0.3) is 0 Å². The average molecular weight is 333 g/mol. The van der Waals surface area contributed by atoms with Crippen LogP contribution in [0.3, 0.4) is 0 Å². The monoisotopic (exact) mass is 333 g/mol. The molecule has 2 N–H and O–H groups in total. The quantitative estimate of drug-likeness (QED) is 0.641. The highest BCUT2D eigenvalue weighted by Crippen LogP contribution is 2.39. The minimum atomic E-state index is 0.132. The first-order valence-electron chi connectivity index (χ1n) is 9.39. The van der Waals surface area contributed by atoms with Crippen molar-refractivity contribution in [3.63, 3.8) is 0 Å². The first kappa shape index (κ1) is 17.3. The highest BCUT2D eigenvalue weighted by atomic mass is 16.5. The van der Waals surface area contributed by atoms with Crippen molar-refractivity contribution < 1.29 is 9.15 Å². The molecule has 134 valence electrons. The minimum absolute atomic E-state index is 0.132. The van der Waals surface area contributed by atoms with E-state index in [0.29, 0.717) is 12.1 Å². The van der Waals surface area contributed by atoms with Crippen molar-refractivity contribution in [2.24, 2.45) is 4.99 Å². The van der Waals surface area contributed by atoms with Crippen LogP contribution in [0.1, 0.15) is 58.1 Å². The van der Waals surface area contributed by atoms with E-state index < -0.39 is 0 Å².